The van der Waals surface area contributed by atoms with Crippen molar-refractivity contribution in [3.63, 3.8) is 0 Å². The minimum Gasteiger partial charge on any atom is -0.478 e. The predicted octanol–water partition coefficient (Wildman–Crippen LogP) is 1.37. The number of carboxylic acids is 1. The molecule has 98 valence electrons. The molecule has 2 rings (SSSR count). The Balaban J connectivity index is 2.46. The third-order valence-corrected chi connectivity index (χ3v) is 2.71. The standard InChI is InChI=1S/C12H12N4O3/c1-6-3-4-7(2)9(11(18)19)8(6)10(17)15-12-13-5-14-16-12/h3-5H,1-2H3,(H,18,19)(H2,13,14,15,16,17). The number of aryl methyl sites for hydroxylation is 2. The Bertz CT molecular complexity index is 635. The van der Waals surface area contributed by atoms with Gasteiger partial charge >= 0.3 is 5.97 Å². The number of rotatable bonds is 3. The Morgan fingerprint density at radius 2 is 1.84 bits per heavy atom. The molecule has 0 spiro atoms. The zero-order valence-electron chi connectivity index (χ0n) is 10.4. The van der Waals surface area contributed by atoms with Crippen LogP contribution in [0.4, 0.5) is 5.95 Å². The topological polar surface area (TPSA) is 108 Å². The molecule has 1 amide bonds. The maximum Gasteiger partial charge on any atom is 0.336 e. The van der Waals surface area contributed by atoms with Crippen molar-refractivity contribution < 1.29 is 14.7 Å². The van der Waals surface area contributed by atoms with Crippen LogP contribution in [0.5, 0.6) is 0 Å². The van der Waals surface area contributed by atoms with Crippen molar-refractivity contribution in [3.05, 3.63) is 40.7 Å². The van der Waals surface area contributed by atoms with E-state index in [1.807, 2.05) is 0 Å². The number of anilines is 1. The Kier molecular flexibility index (Phi) is 3.28. The lowest BCUT2D eigenvalue weighted by Crippen LogP contribution is -2.19. The first-order chi connectivity index (χ1) is 9.00. The van der Waals surface area contributed by atoms with Crippen LogP contribution in [-0.2, 0) is 0 Å². The highest BCUT2D eigenvalue weighted by Crippen LogP contribution is 2.19. The molecule has 19 heavy (non-hydrogen) atoms. The number of carboxylic acid groups (broad SMARTS) is 1. The van der Waals surface area contributed by atoms with Crippen molar-refractivity contribution in [1.82, 2.24) is 15.2 Å². The molecule has 1 aromatic heterocycles. The molecule has 1 aromatic carbocycles. The van der Waals surface area contributed by atoms with E-state index in [4.69, 9.17) is 0 Å². The van der Waals surface area contributed by atoms with E-state index in [1.54, 1.807) is 26.0 Å². The maximum absolute atomic E-state index is 12.1. The molecule has 0 saturated heterocycles. The summed E-state index contributed by atoms with van der Waals surface area (Å²) < 4.78 is 0. The lowest BCUT2D eigenvalue weighted by atomic mass is 9.96. The summed E-state index contributed by atoms with van der Waals surface area (Å²) >= 11 is 0. The Morgan fingerprint density at radius 3 is 2.37 bits per heavy atom. The van der Waals surface area contributed by atoms with Gasteiger partial charge in [-0.1, -0.05) is 12.1 Å². The molecule has 0 aliphatic heterocycles. The first-order valence-electron chi connectivity index (χ1n) is 5.51. The van der Waals surface area contributed by atoms with Crippen molar-refractivity contribution >= 4 is 17.8 Å². The molecule has 1 heterocycles. The van der Waals surface area contributed by atoms with Crippen LogP contribution in [0.2, 0.25) is 0 Å². The van der Waals surface area contributed by atoms with Gasteiger partial charge in [-0.05, 0) is 25.0 Å². The molecule has 3 N–H and O–H groups in total. The Hall–Kier alpha value is -2.70. The number of carbonyl (C=O) groups excluding carboxylic acids is 1. The number of aromatic nitrogens is 3. The third-order valence-electron chi connectivity index (χ3n) is 2.71. The van der Waals surface area contributed by atoms with Crippen molar-refractivity contribution in [2.45, 2.75) is 13.8 Å². The van der Waals surface area contributed by atoms with E-state index >= 15 is 0 Å². The monoisotopic (exact) mass is 260 g/mol. The van der Waals surface area contributed by atoms with Crippen molar-refractivity contribution in [2.75, 3.05) is 5.32 Å². The number of nitrogens with one attached hydrogen (secondary N) is 2. The van der Waals surface area contributed by atoms with E-state index in [9.17, 15) is 14.7 Å². The third kappa shape index (κ3) is 2.44. The molecule has 7 heteroatoms. The largest absolute Gasteiger partial charge is 0.478 e. The zero-order valence-corrected chi connectivity index (χ0v) is 10.4. The van der Waals surface area contributed by atoms with Gasteiger partial charge in [-0.2, -0.15) is 10.1 Å². The van der Waals surface area contributed by atoms with Gasteiger partial charge in [0.15, 0.2) is 0 Å². The molecule has 2 aromatic rings. The summed E-state index contributed by atoms with van der Waals surface area (Å²) in [4.78, 5) is 27.2. The second-order valence-electron chi connectivity index (χ2n) is 4.04. The van der Waals surface area contributed by atoms with Gasteiger partial charge < -0.3 is 5.11 Å². The number of carbonyl (C=O) groups is 2. The lowest BCUT2D eigenvalue weighted by Gasteiger charge is -2.11. The average Bonchev–Trinajstić information content (AvgIpc) is 2.83. The summed E-state index contributed by atoms with van der Waals surface area (Å²) in [5.74, 6) is -1.50. The summed E-state index contributed by atoms with van der Waals surface area (Å²) in [6.45, 7) is 3.33. The van der Waals surface area contributed by atoms with E-state index in [-0.39, 0.29) is 17.1 Å². The summed E-state index contributed by atoms with van der Waals surface area (Å²) in [5, 5.41) is 17.8. The van der Waals surface area contributed by atoms with Crippen LogP contribution in [0.1, 0.15) is 31.8 Å². The second kappa shape index (κ2) is 4.89. The number of amides is 1. The van der Waals surface area contributed by atoms with Crippen LogP contribution in [0, 0.1) is 13.8 Å². The highest BCUT2D eigenvalue weighted by Gasteiger charge is 2.21. The summed E-state index contributed by atoms with van der Waals surface area (Å²) in [6, 6.07) is 3.38. The van der Waals surface area contributed by atoms with Gasteiger partial charge in [0.2, 0.25) is 5.95 Å². The SMILES string of the molecule is Cc1ccc(C)c(C(=O)Nc2ncn[nH]2)c1C(=O)O. The van der Waals surface area contributed by atoms with Crippen LogP contribution >= 0.6 is 0 Å². The molecule has 0 bridgehead atoms. The molecule has 0 fully saturated rings. The fourth-order valence-corrected chi connectivity index (χ4v) is 1.81. The fraction of sp³-hybridized carbons (Fsp3) is 0.167. The van der Waals surface area contributed by atoms with E-state index in [0.29, 0.717) is 11.1 Å². The number of aromatic amines is 1. The van der Waals surface area contributed by atoms with E-state index in [0.717, 1.165) is 0 Å². The van der Waals surface area contributed by atoms with Crippen LogP contribution < -0.4 is 5.32 Å². The van der Waals surface area contributed by atoms with Gasteiger partial charge in [0.25, 0.3) is 5.91 Å². The summed E-state index contributed by atoms with van der Waals surface area (Å²) in [6.07, 6.45) is 1.25. The molecule has 0 aliphatic carbocycles. The molecule has 0 saturated carbocycles. The van der Waals surface area contributed by atoms with Crippen LogP contribution in [0.25, 0.3) is 0 Å². The van der Waals surface area contributed by atoms with E-state index in [1.165, 1.54) is 6.33 Å². The second-order valence-corrected chi connectivity index (χ2v) is 4.04. The molecule has 0 radical (unpaired) electrons. The van der Waals surface area contributed by atoms with Gasteiger partial charge in [0.1, 0.15) is 6.33 Å². The Labute approximate surface area is 108 Å². The Morgan fingerprint density at radius 1 is 1.21 bits per heavy atom. The van der Waals surface area contributed by atoms with Crippen LogP contribution in [0.3, 0.4) is 0 Å². The van der Waals surface area contributed by atoms with Crippen molar-refractivity contribution in [3.8, 4) is 0 Å². The number of hydrogen-bond donors (Lipinski definition) is 3. The van der Waals surface area contributed by atoms with Crippen LogP contribution in [0.15, 0.2) is 18.5 Å². The quantitative estimate of drug-likeness (QED) is 0.772. The summed E-state index contributed by atoms with van der Waals surface area (Å²) in [5.41, 5.74) is 1.24. The number of nitrogens with zero attached hydrogens (tertiary/aromatic N) is 2. The minimum absolute atomic E-state index is 0.00276. The predicted molar refractivity (Wildman–Crippen MR) is 67.2 cm³/mol. The molecule has 0 unspecified atom stereocenters. The van der Waals surface area contributed by atoms with Gasteiger partial charge in [-0.15, -0.1) is 0 Å². The van der Waals surface area contributed by atoms with Gasteiger partial charge in [0, 0.05) is 0 Å². The molecule has 0 aliphatic rings. The smallest absolute Gasteiger partial charge is 0.336 e. The summed E-state index contributed by atoms with van der Waals surface area (Å²) in [7, 11) is 0. The highest BCUT2D eigenvalue weighted by atomic mass is 16.4. The normalized spacial score (nSPS) is 10.2. The highest BCUT2D eigenvalue weighted by molar-refractivity contribution is 6.11. The first kappa shape index (κ1) is 12.7. The first-order valence-corrected chi connectivity index (χ1v) is 5.51. The van der Waals surface area contributed by atoms with Gasteiger partial charge in [0.05, 0.1) is 11.1 Å². The van der Waals surface area contributed by atoms with Gasteiger partial charge in [-0.25, -0.2) is 9.89 Å². The number of aromatic carboxylic acids is 1. The van der Waals surface area contributed by atoms with E-state index < -0.39 is 11.9 Å². The lowest BCUT2D eigenvalue weighted by molar-refractivity contribution is 0.0691. The maximum atomic E-state index is 12.1. The number of hydrogen-bond acceptors (Lipinski definition) is 4. The molecule has 7 nitrogen and oxygen atoms in total. The van der Waals surface area contributed by atoms with Crippen molar-refractivity contribution in [2.24, 2.45) is 0 Å². The molecular weight excluding hydrogens is 248 g/mol. The zero-order chi connectivity index (χ0) is 14.0. The van der Waals surface area contributed by atoms with Crippen LogP contribution in [-0.4, -0.2) is 32.2 Å². The number of benzene rings is 1. The number of H-pyrrole nitrogens is 1. The minimum atomic E-state index is -1.14. The van der Waals surface area contributed by atoms with E-state index in [2.05, 4.69) is 20.5 Å². The fourth-order valence-electron chi connectivity index (χ4n) is 1.81. The van der Waals surface area contributed by atoms with Crippen molar-refractivity contribution in [1.29, 1.82) is 0 Å². The molecular formula is C12H12N4O3. The van der Waals surface area contributed by atoms with Gasteiger partial charge in [-0.3, -0.25) is 10.1 Å². The molecule has 0 atom stereocenters. The average molecular weight is 260 g/mol.